The van der Waals surface area contributed by atoms with Gasteiger partial charge in [0, 0.05) is 11.1 Å². The molecule has 1 unspecified atom stereocenters. The van der Waals surface area contributed by atoms with E-state index < -0.39 is 0 Å². The van der Waals surface area contributed by atoms with Gasteiger partial charge in [-0.3, -0.25) is 0 Å². The van der Waals surface area contributed by atoms with Gasteiger partial charge in [0.2, 0.25) is 0 Å². The Morgan fingerprint density at radius 2 is 1.92 bits per heavy atom. The van der Waals surface area contributed by atoms with E-state index in [1.54, 1.807) is 0 Å². The standard InChI is InChI=1S/C11H16ClN/c1-2-3-11(13)8-9-4-6-10(12)7-5-9/h4-7,11H,2-3,8,13H2,1H3. The summed E-state index contributed by atoms with van der Waals surface area (Å²) in [7, 11) is 0. The van der Waals surface area contributed by atoms with E-state index in [-0.39, 0.29) is 6.04 Å². The van der Waals surface area contributed by atoms with Gasteiger partial charge >= 0.3 is 0 Å². The first kappa shape index (κ1) is 10.6. The van der Waals surface area contributed by atoms with Crippen molar-refractivity contribution >= 4 is 11.6 Å². The van der Waals surface area contributed by atoms with Gasteiger partial charge in [-0.1, -0.05) is 37.1 Å². The van der Waals surface area contributed by atoms with Crippen LogP contribution in [0.2, 0.25) is 5.02 Å². The van der Waals surface area contributed by atoms with Crippen LogP contribution < -0.4 is 5.73 Å². The number of hydrogen-bond acceptors (Lipinski definition) is 1. The zero-order chi connectivity index (χ0) is 9.68. The maximum Gasteiger partial charge on any atom is 0.0406 e. The highest BCUT2D eigenvalue weighted by atomic mass is 35.5. The Hall–Kier alpha value is -0.530. The second-order valence-corrected chi connectivity index (χ2v) is 3.82. The Morgan fingerprint density at radius 3 is 2.46 bits per heavy atom. The van der Waals surface area contributed by atoms with Crippen molar-refractivity contribution in [2.24, 2.45) is 5.73 Å². The molecule has 0 amide bonds. The summed E-state index contributed by atoms with van der Waals surface area (Å²) in [6.45, 7) is 2.15. The van der Waals surface area contributed by atoms with Gasteiger partial charge in [0.25, 0.3) is 0 Å². The topological polar surface area (TPSA) is 26.0 Å². The van der Waals surface area contributed by atoms with Crippen molar-refractivity contribution in [1.29, 1.82) is 0 Å². The average Bonchev–Trinajstić information content (AvgIpc) is 2.09. The van der Waals surface area contributed by atoms with Crippen molar-refractivity contribution in [3.63, 3.8) is 0 Å². The van der Waals surface area contributed by atoms with E-state index in [9.17, 15) is 0 Å². The predicted molar refractivity (Wildman–Crippen MR) is 58.0 cm³/mol. The number of rotatable bonds is 4. The van der Waals surface area contributed by atoms with Gasteiger partial charge in [-0.15, -0.1) is 0 Å². The summed E-state index contributed by atoms with van der Waals surface area (Å²) in [4.78, 5) is 0. The first-order valence-corrected chi connectivity index (χ1v) is 5.10. The molecule has 0 aliphatic heterocycles. The maximum absolute atomic E-state index is 5.92. The van der Waals surface area contributed by atoms with Crippen LogP contribution in [0.15, 0.2) is 24.3 Å². The van der Waals surface area contributed by atoms with E-state index in [0.29, 0.717) is 0 Å². The van der Waals surface area contributed by atoms with E-state index in [0.717, 1.165) is 24.3 Å². The molecule has 0 aromatic heterocycles. The normalized spacial score (nSPS) is 12.8. The smallest absolute Gasteiger partial charge is 0.0406 e. The summed E-state index contributed by atoms with van der Waals surface area (Å²) < 4.78 is 0. The van der Waals surface area contributed by atoms with E-state index in [1.807, 2.05) is 24.3 Å². The molecule has 13 heavy (non-hydrogen) atoms. The summed E-state index contributed by atoms with van der Waals surface area (Å²) in [5, 5.41) is 0.785. The maximum atomic E-state index is 5.92. The van der Waals surface area contributed by atoms with Crippen LogP contribution in [0.5, 0.6) is 0 Å². The van der Waals surface area contributed by atoms with Gasteiger partial charge in [0.1, 0.15) is 0 Å². The lowest BCUT2D eigenvalue weighted by Crippen LogP contribution is -2.22. The molecule has 2 N–H and O–H groups in total. The summed E-state index contributed by atoms with van der Waals surface area (Å²) in [5.74, 6) is 0. The highest BCUT2D eigenvalue weighted by molar-refractivity contribution is 6.30. The van der Waals surface area contributed by atoms with Gasteiger partial charge in [0.05, 0.1) is 0 Å². The fourth-order valence-corrected chi connectivity index (χ4v) is 1.52. The van der Waals surface area contributed by atoms with Gasteiger partial charge in [0.15, 0.2) is 0 Å². The molecule has 0 bridgehead atoms. The molecule has 0 fully saturated rings. The highest BCUT2D eigenvalue weighted by Crippen LogP contribution is 2.11. The van der Waals surface area contributed by atoms with Crippen LogP contribution >= 0.6 is 11.6 Å². The minimum Gasteiger partial charge on any atom is -0.327 e. The monoisotopic (exact) mass is 197 g/mol. The summed E-state index contributed by atoms with van der Waals surface area (Å²) >= 11 is 5.78. The van der Waals surface area contributed by atoms with Crippen molar-refractivity contribution in [1.82, 2.24) is 0 Å². The number of hydrogen-bond donors (Lipinski definition) is 1. The van der Waals surface area contributed by atoms with Gasteiger partial charge in [-0.25, -0.2) is 0 Å². The molecular formula is C11H16ClN. The Bertz CT molecular complexity index is 243. The third-order valence-corrected chi connectivity index (χ3v) is 2.32. The van der Waals surface area contributed by atoms with E-state index in [1.165, 1.54) is 5.56 Å². The Balaban J connectivity index is 2.49. The minimum atomic E-state index is 0.283. The van der Waals surface area contributed by atoms with E-state index in [2.05, 4.69) is 6.92 Å². The van der Waals surface area contributed by atoms with Crippen LogP contribution in [0.25, 0.3) is 0 Å². The van der Waals surface area contributed by atoms with Crippen molar-refractivity contribution < 1.29 is 0 Å². The lowest BCUT2D eigenvalue weighted by atomic mass is 10.0. The molecule has 0 aliphatic rings. The summed E-state index contributed by atoms with van der Waals surface area (Å²) in [6.07, 6.45) is 3.18. The van der Waals surface area contributed by atoms with Crippen LogP contribution in [0.4, 0.5) is 0 Å². The van der Waals surface area contributed by atoms with Crippen molar-refractivity contribution in [2.75, 3.05) is 0 Å². The van der Waals surface area contributed by atoms with Crippen LogP contribution in [-0.4, -0.2) is 6.04 Å². The summed E-state index contributed by atoms with van der Waals surface area (Å²) in [6, 6.07) is 8.19. The average molecular weight is 198 g/mol. The van der Waals surface area contributed by atoms with Crippen molar-refractivity contribution in [3.05, 3.63) is 34.9 Å². The minimum absolute atomic E-state index is 0.283. The van der Waals surface area contributed by atoms with Crippen LogP contribution in [0.3, 0.4) is 0 Å². The van der Waals surface area contributed by atoms with E-state index >= 15 is 0 Å². The SMILES string of the molecule is CCCC(N)Cc1ccc(Cl)cc1. The van der Waals surface area contributed by atoms with Crippen LogP contribution in [0.1, 0.15) is 25.3 Å². The number of benzene rings is 1. The lowest BCUT2D eigenvalue weighted by Gasteiger charge is -2.09. The first-order chi connectivity index (χ1) is 6.22. The molecule has 72 valence electrons. The zero-order valence-corrected chi connectivity index (χ0v) is 8.72. The van der Waals surface area contributed by atoms with Crippen LogP contribution in [-0.2, 0) is 6.42 Å². The molecule has 0 saturated heterocycles. The fourth-order valence-electron chi connectivity index (χ4n) is 1.40. The van der Waals surface area contributed by atoms with Crippen LogP contribution in [0, 0.1) is 0 Å². The molecule has 1 atom stereocenters. The molecule has 1 rings (SSSR count). The molecule has 0 radical (unpaired) electrons. The molecule has 1 aromatic carbocycles. The van der Waals surface area contributed by atoms with Gasteiger partial charge in [-0.2, -0.15) is 0 Å². The highest BCUT2D eigenvalue weighted by Gasteiger charge is 2.01. The molecule has 2 heteroatoms. The van der Waals surface area contributed by atoms with Crippen molar-refractivity contribution in [2.45, 2.75) is 32.2 Å². The third kappa shape index (κ3) is 3.79. The molecule has 1 nitrogen and oxygen atoms in total. The Labute approximate surface area is 84.9 Å². The molecule has 0 saturated carbocycles. The number of nitrogens with two attached hydrogens (primary N) is 1. The Morgan fingerprint density at radius 1 is 1.31 bits per heavy atom. The largest absolute Gasteiger partial charge is 0.327 e. The molecule has 0 spiro atoms. The van der Waals surface area contributed by atoms with E-state index in [4.69, 9.17) is 17.3 Å². The molecular weight excluding hydrogens is 182 g/mol. The zero-order valence-electron chi connectivity index (χ0n) is 7.96. The van der Waals surface area contributed by atoms with Gasteiger partial charge in [-0.05, 0) is 30.5 Å². The quantitative estimate of drug-likeness (QED) is 0.789. The second kappa shape index (κ2) is 5.25. The lowest BCUT2D eigenvalue weighted by molar-refractivity contribution is 0.600. The molecule has 0 heterocycles. The molecule has 1 aromatic rings. The summed E-state index contributed by atoms with van der Waals surface area (Å²) in [5.41, 5.74) is 7.19. The Kier molecular flexibility index (Phi) is 4.26. The first-order valence-electron chi connectivity index (χ1n) is 4.72. The van der Waals surface area contributed by atoms with Crippen molar-refractivity contribution in [3.8, 4) is 0 Å². The number of halogens is 1. The molecule has 0 aliphatic carbocycles. The van der Waals surface area contributed by atoms with Gasteiger partial charge < -0.3 is 5.73 Å². The predicted octanol–water partition coefficient (Wildman–Crippen LogP) is 3.01. The second-order valence-electron chi connectivity index (χ2n) is 3.38. The third-order valence-electron chi connectivity index (χ3n) is 2.07. The fraction of sp³-hybridized carbons (Fsp3) is 0.455.